The third kappa shape index (κ3) is 3.45. The summed E-state index contributed by atoms with van der Waals surface area (Å²) in [7, 11) is 0. The van der Waals surface area contributed by atoms with Gasteiger partial charge in [0.15, 0.2) is 0 Å². The lowest BCUT2D eigenvalue weighted by atomic mass is 10.0. The fourth-order valence-electron chi connectivity index (χ4n) is 2.01. The van der Waals surface area contributed by atoms with Crippen molar-refractivity contribution in [3.63, 3.8) is 0 Å². The molecule has 1 aromatic heterocycles. The Morgan fingerprint density at radius 3 is 2.79 bits per heavy atom. The van der Waals surface area contributed by atoms with Crippen LogP contribution < -0.4 is 5.32 Å². The van der Waals surface area contributed by atoms with E-state index < -0.39 is 11.9 Å². The van der Waals surface area contributed by atoms with Crippen LogP contribution in [-0.2, 0) is 17.5 Å². The van der Waals surface area contributed by atoms with Gasteiger partial charge >= 0.3 is 6.18 Å². The lowest BCUT2D eigenvalue weighted by molar-refractivity contribution is -0.141. The van der Waals surface area contributed by atoms with Gasteiger partial charge in [0, 0.05) is 0 Å². The standard InChI is InChI=1S/C13H17F3N2O/c1-8(2)5-17-10-6-19-7-11-9(10)3-4-12(18-11)13(14,15)16/h3-4,8,10,17H,5-7H2,1-2H3/t10-/m0/s1. The monoisotopic (exact) mass is 274 g/mol. The van der Waals surface area contributed by atoms with Crippen molar-refractivity contribution >= 4 is 0 Å². The molecule has 0 aromatic carbocycles. The number of nitrogens with zero attached hydrogens (tertiary/aromatic N) is 1. The third-order valence-corrected chi connectivity index (χ3v) is 2.97. The van der Waals surface area contributed by atoms with Gasteiger partial charge in [0.2, 0.25) is 0 Å². The molecule has 0 aliphatic carbocycles. The fourth-order valence-corrected chi connectivity index (χ4v) is 2.01. The van der Waals surface area contributed by atoms with Crippen molar-refractivity contribution in [1.29, 1.82) is 0 Å². The van der Waals surface area contributed by atoms with Crippen LogP contribution in [0.1, 0.15) is 36.8 Å². The van der Waals surface area contributed by atoms with Gasteiger partial charge in [-0.2, -0.15) is 13.2 Å². The van der Waals surface area contributed by atoms with Crippen molar-refractivity contribution in [3.05, 3.63) is 29.1 Å². The highest BCUT2D eigenvalue weighted by molar-refractivity contribution is 5.28. The maximum atomic E-state index is 12.6. The molecule has 0 spiro atoms. The molecule has 0 saturated heterocycles. The summed E-state index contributed by atoms with van der Waals surface area (Å²) in [6.07, 6.45) is -4.41. The number of ether oxygens (including phenoxy) is 1. The second-order valence-corrected chi connectivity index (χ2v) is 5.10. The molecule has 1 aliphatic rings. The molecule has 0 fully saturated rings. The molecule has 0 amide bonds. The topological polar surface area (TPSA) is 34.1 Å². The fraction of sp³-hybridized carbons (Fsp3) is 0.615. The van der Waals surface area contributed by atoms with E-state index in [-0.39, 0.29) is 12.6 Å². The molecular formula is C13H17F3N2O. The van der Waals surface area contributed by atoms with Crippen molar-refractivity contribution in [1.82, 2.24) is 10.3 Å². The Morgan fingerprint density at radius 2 is 2.16 bits per heavy atom. The molecule has 1 aromatic rings. The van der Waals surface area contributed by atoms with Crippen LogP contribution in [0.2, 0.25) is 0 Å². The van der Waals surface area contributed by atoms with E-state index in [1.165, 1.54) is 6.07 Å². The number of alkyl halides is 3. The van der Waals surface area contributed by atoms with Crippen LogP contribution in [0.15, 0.2) is 12.1 Å². The summed E-state index contributed by atoms with van der Waals surface area (Å²) in [6, 6.07) is 2.46. The highest BCUT2D eigenvalue weighted by Crippen LogP contribution is 2.31. The van der Waals surface area contributed by atoms with E-state index in [2.05, 4.69) is 24.1 Å². The van der Waals surface area contributed by atoms with Crippen molar-refractivity contribution in [2.75, 3.05) is 13.2 Å². The first-order valence-corrected chi connectivity index (χ1v) is 6.26. The summed E-state index contributed by atoms with van der Waals surface area (Å²) >= 11 is 0. The second kappa shape index (κ2) is 5.46. The molecule has 2 rings (SSSR count). The average Bonchev–Trinajstić information content (AvgIpc) is 2.34. The first kappa shape index (κ1) is 14.3. The van der Waals surface area contributed by atoms with Crippen molar-refractivity contribution in [3.8, 4) is 0 Å². The first-order chi connectivity index (χ1) is 8.88. The summed E-state index contributed by atoms with van der Waals surface area (Å²) in [5.41, 5.74) is 0.321. The van der Waals surface area contributed by atoms with Crippen LogP contribution >= 0.6 is 0 Å². The summed E-state index contributed by atoms with van der Waals surface area (Å²) < 4.78 is 43.1. The van der Waals surface area contributed by atoms with E-state index in [1.807, 2.05) is 0 Å². The minimum Gasteiger partial charge on any atom is -0.373 e. The van der Waals surface area contributed by atoms with Crippen LogP contribution in [-0.4, -0.2) is 18.1 Å². The molecule has 1 aliphatic heterocycles. The number of fused-ring (bicyclic) bond motifs is 1. The van der Waals surface area contributed by atoms with Gasteiger partial charge in [0.05, 0.1) is 24.9 Å². The molecule has 1 N–H and O–H groups in total. The Balaban J connectivity index is 2.21. The zero-order valence-corrected chi connectivity index (χ0v) is 10.9. The zero-order valence-electron chi connectivity index (χ0n) is 10.9. The Bertz CT molecular complexity index is 446. The number of aromatic nitrogens is 1. The van der Waals surface area contributed by atoms with Crippen LogP contribution in [0.25, 0.3) is 0 Å². The maximum Gasteiger partial charge on any atom is 0.433 e. The van der Waals surface area contributed by atoms with E-state index in [0.717, 1.165) is 18.2 Å². The van der Waals surface area contributed by atoms with Crippen LogP contribution in [0.4, 0.5) is 13.2 Å². The number of rotatable bonds is 3. The van der Waals surface area contributed by atoms with Gasteiger partial charge in [-0.25, -0.2) is 4.98 Å². The number of hydrogen-bond donors (Lipinski definition) is 1. The van der Waals surface area contributed by atoms with Crippen LogP contribution in [0.5, 0.6) is 0 Å². The zero-order chi connectivity index (χ0) is 14.0. The van der Waals surface area contributed by atoms with Crippen LogP contribution in [0.3, 0.4) is 0 Å². The highest BCUT2D eigenvalue weighted by Gasteiger charge is 2.34. The SMILES string of the molecule is CC(C)CN[C@H]1COCc2nc(C(F)(F)F)ccc21. The van der Waals surface area contributed by atoms with E-state index in [9.17, 15) is 13.2 Å². The summed E-state index contributed by atoms with van der Waals surface area (Å²) in [5, 5.41) is 3.29. The minimum atomic E-state index is -4.41. The Labute approximate surface area is 110 Å². The van der Waals surface area contributed by atoms with Crippen molar-refractivity contribution in [2.45, 2.75) is 32.7 Å². The van der Waals surface area contributed by atoms with Crippen molar-refractivity contribution in [2.24, 2.45) is 5.92 Å². The normalized spacial score (nSPS) is 19.6. The number of nitrogens with one attached hydrogen (secondary N) is 1. The van der Waals surface area contributed by atoms with Gasteiger partial charge in [-0.1, -0.05) is 19.9 Å². The molecule has 3 nitrogen and oxygen atoms in total. The van der Waals surface area contributed by atoms with Crippen molar-refractivity contribution < 1.29 is 17.9 Å². The largest absolute Gasteiger partial charge is 0.433 e. The molecule has 0 radical (unpaired) electrons. The summed E-state index contributed by atoms with van der Waals surface area (Å²) in [6.45, 7) is 5.53. The van der Waals surface area contributed by atoms with Gasteiger partial charge in [-0.05, 0) is 24.1 Å². The predicted octanol–water partition coefficient (Wildman–Crippen LogP) is 2.92. The Morgan fingerprint density at radius 1 is 1.42 bits per heavy atom. The van der Waals surface area contributed by atoms with Gasteiger partial charge in [-0.3, -0.25) is 0 Å². The Hall–Kier alpha value is -1.14. The highest BCUT2D eigenvalue weighted by atomic mass is 19.4. The lowest BCUT2D eigenvalue weighted by Crippen LogP contribution is -2.33. The molecule has 0 unspecified atom stereocenters. The van der Waals surface area contributed by atoms with Gasteiger partial charge < -0.3 is 10.1 Å². The molecule has 19 heavy (non-hydrogen) atoms. The summed E-state index contributed by atoms with van der Waals surface area (Å²) in [5.74, 6) is 0.466. The van der Waals surface area contributed by atoms with E-state index in [0.29, 0.717) is 18.2 Å². The summed E-state index contributed by atoms with van der Waals surface area (Å²) in [4.78, 5) is 3.67. The molecule has 2 heterocycles. The van der Waals surface area contributed by atoms with Gasteiger partial charge in [-0.15, -0.1) is 0 Å². The van der Waals surface area contributed by atoms with Gasteiger partial charge in [0.1, 0.15) is 5.69 Å². The van der Waals surface area contributed by atoms with Gasteiger partial charge in [0.25, 0.3) is 0 Å². The minimum absolute atomic E-state index is 0.0825. The number of hydrogen-bond acceptors (Lipinski definition) is 3. The molecule has 0 bridgehead atoms. The molecule has 106 valence electrons. The van der Waals surface area contributed by atoms with E-state index >= 15 is 0 Å². The molecular weight excluding hydrogens is 257 g/mol. The average molecular weight is 274 g/mol. The third-order valence-electron chi connectivity index (χ3n) is 2.97. The lowest BCUT2D eigenvalue weighted by Gasteiger charge is -2.27. The number of halogens is 3. The molecule has 6 heteroatoms. The molecule has 0 saturated carbocycles. The smallest absolute Gasteiger partial charge is 0.373 e. The van der Waals surface area contributed by atoms with Crippen LogP contribution in [0, 0.1) is 5.92 Å². The number of pyridine rings is 1. The molecule has 1 atom stereocenters. The second-order valence-electron chi connectivity index (χ2n) is 5.10. The Kier molecular flexibility index (Phi) is 4.10. The van der Waals surface area contributed by atoms with E-state index in [4.69, 9.17) is 4.74 Å². The van der Waals surface area contributed by atoms with E-state index in [1.54, 1.807) is 0 Å². The first-order valence-electron chi connectivity index (χ1n) is 6.26. The predicted molar refractivity (Wildman–Crippen MR) is 64.5 cm³/mol. The quantitative estimate of drug-likeness (QED) is 0.920. The maximum absolute atomic E-state index is 12.6.